The number of nitrogens with one attached hydrogen (secondary N) is 2. The number of carbonyl (C=O) groups is 2. The Morgan fingerprint density at radius 2 is 2.00 bits per heavy atom. The number of piperidine rings is 1. The number of carbonyl (C=O) groups excluding carboxylic acids is 2. The van der Waals surface area contributed by atoms with Gasteiger partial charge in [-0.25, -0.2) is 0 Å². The van der Waals surface area contributed by atoms with Gasteiger partial charge in [0, 0.05) is 34.5 Å². The standard InChI is InChI=1S/C22H19N3O4/c26-20-9-8-18(21(27)24-20)25-12-16-15(22(25)28)5-3-6-17(16)23-11-14-10-13-4-1-2-7-19(13)29-14/h1-7,10,12,18,23,28H,8-9,11H2,(H,24,26,27). The summed E-state index contributed by atoms with van der Waals surface area (Å²) in [6.45, 7) is 0.484. The monoisotopic (exact) mass is 389 g/mol. The molecule has 2 amide bonds. The van der Waals surface area contributed by atoms with Gasteiger partial charge in [-0.1, -0.05) is 24.3 Å². The molecule has 1 unspecified atom stereocenters. The first-order chi connectivity index (χ1) is 14.1. The maximum absolute atomic E-state index is 12.2. The van der Waals surface area contributed by atoms with Crippen molar-refractivity contribution in [2.75, 3.05) is 5.32 Å². The van der Waals surface area contributed by atoms with Gasteiger partial charge in [-0.15, -0.1) is 0 Å². The summed E-state index contributed by atoms with van der Waals surface area (Å²) < 4.78 is 7.39. The Bertz CT molecular complexity index is 1220. The van der Waals surface area contributed by atoms with Crippen LogP contribution in [0.2, 0.25) is 0 Å². The Balaban J connectivity index is 1.45. The minimum absolute atomic E-state index is 0.0156. The van der Waals surface area contributed by atoms with Crippen LogP contribution in [0.1, 0.15) is 24.6 Å². The highest BCUT2D eigenvalue weighted by Crippen LogP contribution is 2.36. The van der Waals surface area contributed by atoms with Crippen molar-refractivity contribution in [2.45, 2.75) is 25.4 Å². The van der Waals surface area contributed by atoms with E-state index in [9.17, 15) is 14.7 Å². The fourth-order valence-corrected chi connectivity index (χ4v) is 3.88. The molecule has 0 aliphatic carbocycles. The molecule has 7 heteroatoms. The van der Waals surface area contributed by atoms with Gasteiger partial charge in [0.25, 0.3) is 0 Å². The first kappa shape index (κ1) is 17.4. The number of para-hydroxylation sites is 1. The average molecular weight is 389 g/mol. The topological polar surface area (TPSA) is 96.5 Å². The zero-order valence-electron chi connectivity index (χ0n) is 15.5. The first-order valence-corrected chi connectivity index (χ1v) is 9.48. The van der Waals surface area contributed by atoms with Crippen LogP contribution in [0.4, 0.5) is 5.69 Å². The molecule has 0 spiro atoms. The molecule has 2 aromatic heterocycles. The van der Waals surface area contributed by atoms with E-state index in [-0.39, 0.29) is 18.2 Å². The molecule has 1 fully saturated rings. The Kier molecular flexibility index (Phi) is 4.01. The van der Waals surface area contributed by atoms with Gasteiger partial charge in [-0.05, 0) is 30.7 Å². The number of hydrogen-bond acceptors (Lipinski definition) is 5. The summed E-state index contributed by atoms with van der Waals surface area (Å²) >= 11 is 0. The van der Waals surface area contributed by atoms with Gasteiger partial charge in [0.05, 0.1) is 6.54 Å². The van der Waals surface area contributed by atoms with Crippen molar-refractivity contribution in [3.63, 3.8) is 0 Å². The number of aromatic nitrogens is 1. The van der Waals surface area contributed by atoms with Crippen LogP contribution in [-0.2, 0) is 16.1 Å². The quantitative estimate of drug-likeness (QED) is 0.463. The Morgan fingerprint density at radius 3 is 2.83 bits per heavy atom. The van der Waals surface area contributed by atoms with E-state index in [0.717, 1.165) is 27.8 Å². The van der Waals surface area contributed by atoms with Crippen molar-refractivity contribution in [1.29, 1.82) is 0 Å². The minimum atomic E-state index is -0.608. The molecular weight excluding hydrogens is 370 g/mol. The molecular formula is C22H19N3O4. The highest BCUT2D eigenvalue weighted by atomic mass is 16.3. The first-order valence-electron chi connectivity index (χ1n) is 9.48. The van der Waals surface area contributed by atoms with Crippen LogP contribution >= 0.6 is 0 Å². The second kappa shape index (κ2) is 6.70. The van der Waals surface area contributed by atoms with Gasteiger partial charge in [-0.2, -0.15) is 0 Å². The van der Waals surface area contributed by atoms with Crippen LogP contribution in [0.15, 0.2) is 59.1 Å². The number of amides is 2. The molecule has 1 aliphatic rings. The van der Waals surface area contributed by atoms with E-state index < -0.39 is 11.9 Å². The molecule has 0 saturated carbocycles. The van der Waals surface area contributed by atoms with Gasteiger partial charge in [-0.3, -0.25) is 14.9 Å². The maximum atomic E-state index is 12.2. The number of hydrogen-bond donors (Lipinski definition) is 3. The lowest BCUT2D eigenvalue weighted by Gasteiger charge is -2.22. The third-order valence-electron chi connectivity index (χ3n) is 5.34. The van der Waals surface area contributed by atoms with E-state index in [1.807, 2.05) is 42.5 Å². The van der Waals surface area contributed by atoms with Crippen molar-refractivity contribution >= 4 is 39.2 Å². The molecule has 3 heterocycles. The molecule has 7 nitrogen and oxygen atoms in total. The van der Waals surface area contributed by atoms with Crippen molar-refractivity contribution in [2.24, 2.45) is 0 Å². The Hall–Kier alpha value is -3.74. The molecule has 1 atom stereocenters. The molecule has 4 aromatic rings. The van der Waals surface area contributed by atoms with Crippen LogP contribution in [-0.4, -0.2) is 21.5 Å². The predicted molar refractivity (Wildman–Crippen MR) is 109 cm³/mol. The van der Waals surface area contributed by atoms with Gasteiger partial charge >= 0.3 is 0 Å². The third kappa shape index (κ3) is 3.00. The van der Waals surface area contributed by atoms with Gasteiger partial charge in [0.2, 0.25) is 11.8 Å². The molecule has 3 N–H and O–H groups in total. The van der Waals surface area contributed by atoms with Crippen molar-refractivity contribution < 1.29 is 19.1 Å². The highest BCUT2D eigenvalue weighted by Gasteiger charge is 2.30. The van der Waals surface area contributed by atoms with Gasteiger partial charge < -0.3 is 19.4 Å². The fourth-order valence-electron chi connectivity index (χ4n) is 3.88. The number of anilines is 1. The van der Waals surface area contributed by atoms with Crippen molar-refractivity contribution in [3.05, 3.63) is 60.5 Å². The summed E-state index contributed by atoms with van der Waals surface area (Å²) in [6.07, 6.45) is 2.37. The van der Waals surface area contributed by atoms with Crippen LogP contribution in [0.5, 0.6) is 5.88 Å². The lowest BCUT2D eigenvalue weighted by molar-refractivity contribution is -0.135. The summed E-state index contributed by atoms with van der Waals surface area (Å²) in [4.78, 5) is 23.6. The van der Waals surface area contributed by atoms with E-state index in [4.69, 9.17) is 4.42 Å². The fraction of sp³-hybridized carbons (Fsp3) is 0.182. The van der Waals surface area contributed by atoms with Crippen LogP contribution in [0.3, 0.4) is 0 Å². The molecule has 5 rings (SSSR count). The van der Waals surface area contributed by atoms with Crippen LogP contribution in [0.25, 0.3) is 21.7 Å². The summed E-state index contributed by atoms with van der Waals surface area (Å²) in [5, 5.41) is 18.9. The maximum Gasteiger partial charge on any atom is 0.249 e. The number of benzene rings is 2. The van der Waals surface area contributed by atoms with E-state index in [0.29, 0.717) is 18.4 Å². The summed E-state index contributed by atoms with van der Waals surface area (Å²) in [6, 6.07) is 14.8. The largest absolute Gasteiger partial charge is 0.494 e. The van der Waals surface area contributed by atoms with E-state index >= 15 is 0 Å². The number of nitrogens with zero attached hydrogens (tertiary/aromatic N) is 1. The van der Waals surface area contributed by atoms with E-state index in [1.54, 1.807) is 16.8 Å². The Morgan fingerprint density at radius 1 is 1.14 bits per heavy atom. The SMILES string of the molecule is O=C1CCC(n2cc3c(NCc4cc5ccccc5o4)cccc3c2O)C(=O)N1. The Labute approximate surface area is 165 Å². The number of imide groups is 1. The lowest BCUT2D eigenvalue weighted by atomic mass is 10.1. The molecule has 29 heavy (non-hydrogen) atoms. The van der Waals surface area contributed by atoms with Crippen molar-refractivity contribution in [1.82, 2.24) is 9.88 Å². The van der Waals surface area contributed by atoms with Gasteiger partial charge in [0.15, 0.2) is 5.88 Å². The van der Waals surface area contributed by atoms with Gasteiger partial charge in [0.1, 0.15) is 17.4 Å². The molecule has 0 bridgehead atoms. The number of rotatable bonds is 4. The summed E-state index contributed by atoms with van der Waals surface area (Å²) in [5.41, 5.74) is 1.66. The zero-order valence-corrected chi connectivity index (χ0v) is 15.5. The number of furan rings is 1. The molecule has 1 aliphatic heterocycles. The predicted octanol–water partition coefficient (Wildman–Crippen LogP) is 3.68. The molecule has 0 radical (unpaired) electrons. The summed E-state index contributed by atoms with van der Waals surface area (Å²) in [7, 11) is 0. The zero-order chi connectivity index (χ0) is 20.0. The van der Waals surface area contributed by atoms with Crippen LogP contribution < -0.4 is 10.6 Å². The molecule has 2 aromatic carbocycles. The average Bonchev–Trinajstić information content (AvgIpc) is 3.28. The highest BCUT2D eigenvalue weighted by molar-refractivity contribution is 6.01. The number of aromatic hydroxyl groups is 1. The third-order valence-corrected chi connectivity index (χ3v) is 5.34. The normalized spacial score (nSPS) is 17.0. The molecule has 1 saturated heterocycles. The van der Waals surface area contributed by atoms with E-state index in [1.165, 1.54) is 0 Å². The van der Waals surface area contributed by atoms with E-state index in [2.05, 4.69) is 10.6 Å². The minimum Gasteiger partial charge on any atom is -0.494 e. The second-order valence-electron chi connectivity index (χ2n) is 7.20. The lowest BCUT2D eigenvalue weighted by Crippen LogP contribution is -2.41. The number of fused-ring (bicyclic) bond motifs is 2. The molecule has 146 valence electrons. The van der Waals surface area contributed by atoms with Crippen LogP contribution in [0, 0.1) is 0 Å². The van der Waals surface area contributed by atoms with Crippen molar-refractivity contribution in [3.8, 4) is 5.88 Å². The smallest absolute Gasteiger partial charge is 0.249 e. The summed E-state index contributed by atoms with van der Waals surface area (Å²) in [5.74, 6) is 0.142. The second-order valence-corrected chi connectivity index (χ2v) is 7.20.